The van der Waals surface area contributed by atoms with Crippen molar-refractivity contribution in [1.29, 1.82) is 5.26 Å². The van der Waals surface area contributed by atoms with Crippen LogP contribution in [-0.4, -0.2) is 5.91 Å². The Morgan fingerprint density at radius 1 is 1.08 bits per heavy atom. The Labute approximate surface area is 134 Å². The second kappa shape index (κ2) is 6.96. The zero-order valence-electron chi connectivity index (χ0n) is 12.1. The summed E-state index contributed by atoms with van der Waals surface area (Å²) in [5, 5.41) is 11.1. The van der Waals surface area contributed by atoms with Gasteiger partial charge in [-0.15, -0.1) is 0 Å². The number of anilines is 1. The average Bonchev–Trinajstić information content (AvgIpc) is 2.53. The molecule has 2 aromatic carbocycles. The van der Waals surface area contributed by atoms with E-state index in [4.69, 9.17) is 5.26 Å². The summed E-state index contributed by atoms with van der Waals surface area (Å²) in [4.78, 5) is 12.0. The minimum absolute atomic E-state index is 0.0201. The number of halogens is 4. The molecule has 1 amide bonds. The van der Waals surface area contributed by atoms with Gasteiger partial charge >= 0.3 is 6.18 Å². The lowest BCUT2D eigenvalue weighted by molar-refractivity contribution is -0.137. The van der Waals surface area contributed by atoms with Crippen LogP contribution in [0.3, 0.4) is 0 Å². The number of nitriles is 1. The molecular formula is C17H10F4N2O. The van der Waals surface area contributed by atoms with Crippen LogP contribution in [0.2, 0.25) is 0 Å². The number of rotatable bonds is 3. The summed E-state index contributed by atoms with van der Waals surface area (Å²) < 4.78 is 52.3. The second-order valence-corrected chi connectivity index (χ2v) is 4.69. The fraction of sp³-hybridized carbons (Fsp3) is 0.0588. The summed E-state index contributed by atoms with van der Waals surface area (Å²) in [7, 11) is 0. The molecule has 0 bridgehead atoms. The van der Waals surface area contributed by atoms with E-state index in [-0.39, 0.29) is 5.56 Å². The first kappa shape index (κ1) is 17.2. The van der Waals surface area contributed by atoms with Gasteiger partial charge in [0, 0.05) is 5.56 Å². The van der Waals surface area contributed by atoms with Crippen molar-refractivity contribution < 1.29 is 22.4 Å². The van der Waals surface area contributed by atoms with Gasteiger partial charge in [0.25, 0.3) is 5.91 Å². The predicted molar refractivity (Wildman–Crippen MR) is 80.1 cm³/mol. The highest BCUT2D eigenvalue weighted by atomic mass is 19.4. The Balaban J connectivity index is 2.33. The summed E-state index contributed by atoms with van der Waals surface area (Å²) in [5.74, 6) is -1.72. The average molecular weight is 334 g/mol. The highest BCUT2D eigenvalue weighted by molar-refractivity contribution is 6.10. The standard InChI is InChI=1S/C17H10F4N2O/c18-14-7-3-1-5-11(14)9-12(10-22)16(24)23-15-8-4-2-6-13(15)17(19,20)21/h1-9H,(H,23,24)/b12-9-. The monoisotopic (exact) mass is 334 g/mol. The van der Waals surface area contributed by atoms with Crippen molar-refractivity contribution >= 4 is 17.7 Å². The number of benzene rings is 2. The van der Waals surface area contributed by atoms with Crippen molar-refractivity contribution in [2.24, 2.45) is 0 Å². The number of nitrogens with zero attached hydrogens (tertiary/aromatic N) is 1. The fourth-order valence-electron chi connectivity index (χ4n) is 1.93. The number of carbonyl (C=O) groups excluding carboxylic acids is 1. The Hall–Kier alpha value is -3.14. The maximum atomic E-state index is 13.6. The van der Waals surface area contributed by atoms with E-state index in [2.05, 4.69) is 0 Å². The van der Waals surface area contributed by atoms with Gasteiger partial charge in [0.05, 0.1) is 11.3 Å². The molecule has 0 saturated carbocycles. The van der Waals surface area contributed by atoms with Crippen LogP contribution in [0.4, 0.5) is 23.2 Å². The molecule has 0 unspecified atom stereocenters. The van der Waals surface area contributed by atoms with Gasteiger partial charge in [0.15, 0.2) is 0 Å². The molecule has 0 fully saturated rings. The van der Waals surface area contributed by atoms with Crippen molar-refractivity contribution in [3.8, 4) is 6.07 Å². The number of hydrogen-bond acceptors (Lipinski definition) is 2. The third-order valence-corrected chi connectivity index (χ3v) is 3.05. The molecule has 7 heteroatoms. The SMILES string of the molecule is N#C/C(=C/c1ccccc1F)C(=O)Nc1ccccc1C(F)(F)F. The van der Waals surface area contributed by atoms with Crippen LogP contribution in [-0.2, 0) is 11.0 Å². The second-order valence-electron chi connectivity index (χ2n) is 4.69. The van der Waals surface area contributed by atoms with Crippen molar-refractivity contribution in [1.82, 2.24) is 0 Å². The van der Waals surface area contributed by atoms with Crippen LogP contribution in [0.5, 0.6) is 0 Å². The zero-order chi connectivity index (χ0) is 17.7. The molecule has 0 aliphatic heterocycles. The van der Waals surface area contributed by atoms with Gasteiger partial charge in [-0.3, -0.25) is 4.79 Å². The molecule has 0 spiro atoms. The summed E-state index contributed by atoms with van der Waals surface area (Å²) in [6.45, 7) is 0. The zero-order valence-corrected chi connectivity index (χ0v) is 12.1. The minimum atomic E-state index is -4.66. The van der Waals surface area contributed by atoms with Gasteiger partial charge in [-0.25, -0.2) is 4.39 Å². The Bertz CT molecular complexity index is 835. The minimum Gasteiger partial charge on any atom is -0.321 e. The molecule has 122 valence electrons. The first-order valence-corrected chi connectivity index (χ1v) is 6.67. The Kier molecular flexibility index (Phi) is 4.99. The molecule has 2 aromatic rings. The van der Waals surface area contributed by atoms with Crippen LogP contribution >= 0.6 is 0 Å². The third-order valence-electron chi connectivity index (χ3n) is 3.05. The first-order valence-electron chi connectivity index (χ1n) is 6.67. The van der Waals surface area contributed by atoms with Gasteiger partial charge in [-0.1, -0.05) is 30.3 Å². The van der Waals surface area contributed by atoms with Gasteiger partial charge in [0.2, 0.25) is 0 Å². The van der Waals surface area contributed by atoms with E-state index in [1.807, 2.05) is 5.32 Å². The number of nitrogens with one attached hydrogen (secondary N) is 1. The van der Waals surface area contributed by atoms with Crippen molar-refractivity contribution in [2.45, 2.75) is 6.18 Å². The Morgan fingerprint density at radius 2 is 1.71 bits per heavy atom. The highest BCUT2D eigenvalue weighted by Crippen LogP contribution is 2.34. The lowest BCUT2D eigenvalue weighted by atomic mass is 10.1. The molecule has 0 aliphatic rings. The number of amides is 1. The lowest BCUT2D eigenvalue weighted by Gasteiger charge is -2.13. The van der Waals surface area contributed by atoms with E-state index in [0.717, 1.165) is 24.3 Å². The summed E-state index contributed by atoms with van der Waals surface area (Å²) >= 11 is 0. The highest BCUT2D eigenvalue weighted by Gasteiger charge is 2.33. The summed E-state index contributed by atoms with van der Waals surface area (Å²) in [6.07, 6.45) is -3.69. The van der Waals surface area contributed by atoms with E-state index in [0.29, 0.717) is 0 Å². The van der Waals surface area contributed by atoms with Crippen molar-refractivity contribution in [3.05, 3.63) is 71.0 Å². The van der Waals surface area contributed by atoms with E-state index in [9.17, 15) is 22.4 Å². The van der Waals surface area contributed by atoms with Crippen LogP contribution in [0.1, 0.15) is 11.1 Å². The molecule has 1 N–H and O–H groups in total. The van der Waals surface area contributed by atoms with Gasteiger partial charge in [0.1, 0.15) is 17.5 Å². The number of carbonyl (C=O) groups is 1. The van der Waals surface area contributed by atoms with Crippen LogP contribution in [0.25, 0.3) is 6.08 Å². The number of para-hydroxylation sites is 1. The molecule has 0 radical (unpaired) electrons. The molecule has 0 heterocycles. The maximum absolute atomic E-state index is 13.6. The molecule has 24 heavy (non-hydrogen) atoms. The van der Waals surface area contributed by atoms with Crippen molar-refractivity contribution in [2.75, 3.05) is 5.32 Å². The van der Waals surface area contributed by atoms with Gasteiger partial charge in [-0.05, 0) is 24.3 Å². The molecule has 2 rings (SSSR count). The lowest BCUT2D eigenvalue weighted by Crippen LogP contribution is -2.17. The summed E-state index contributed by atoms with van der Waals surface area (Å²) in [6, 6.07) is 11.3. The molecule has 0 atom stereocenters. The van der Waals surface area contributed by atoms with E-state index in [1.165, 1.54) is 30.3 Å². The largest absolute Gasteiger partial charge is 0.418 e. The van der Waals surface area contributed by atoms with E-state index in [1.54, 1.807) is 6.07 Å². The molecule has 3 nitrogen and oxygen atoms in total. The molecule has 0 aliphatic carbocycles. The van der Waals surface area contributed by atoms with E-state index >= 15 is 0 Å². The molecule has 0 aromatic heterocycles. The quantitative estimate of drug-likeness (QED) is 0.514. The van der Waals surface area contributed by atoms with Gasteiger partial charge < -0.3 is 5.32 Å². The summed E-state index contributed by atoms with van der Waals surface area (Å²) in [5.41, 5.74) is -2.06. The van der Waals surface area contributed by atoms with Gasteiger partial charge in [-0.2, -0.15) is 18.4 Å². The number of alkyl halides is 3. The van der Waals surface area contributed by atoms with Crippen LogP contribution in [0.15, 0.2) is 54.1 Å². The van der Waals surface area contributed by atoms with E-state index < -0.39 is 34.7 Å². The molecular weight excluding hydrogens is 324 g/mol. The smallest absolute Gasteiger partial charge is 0.321 e. The predicted octanol–water partition coefficient (Wildman–Crippen LogP) is 4.39. The number of hydrogen-bond donors (Lipinski definition) is 1. The topological polar surface area (TPSA) is 52.9 Å². The molecule has 0 saturated heterocycles. The third kappa shape index (κ3) is 3.98. The first-order chi connectivity index (χ1) is 11.3. The van der Waals surface area contributed by atoms with Crippen LogP contribution < -0.4 is 5.32 Å². The Morgan fingerprint density at radius 3 is 2.33 bits per heavy atom. The normalized spacial score (nSPS) is 11.7. The maximum Gasteiger partial charge on any atom is 0.418 e. The van der Waals surface area contributed by atoms with Crippen LogP contribution in [0, 0.1) is 17.1 Å². The fourth-order valence-corrected chi connectivity index (χ4v) is 1.93. The van der Waals surface area contributed by atoms with Crippen molar-refractivity contribution in [3.63, 3.8) is 0 Å².